The van der Waals surface area contributed by atoms with Gasteiger partial charge in [-0.15, -0.1) is 0 Å². The Balaban J connectivity index is 5.26. The second-order valence-electron chi connectivity index (χ2n) is 4.22. The lowest BCUT2D eigenvalue weighted by atomic mass is 9.93. The lowest BCUT2D eigenvalue weighted by Crippen LogP contribution is -2.47. The summed E-state index contributed by atoms with van der Waals surface area (Å²) in [5.41, 5.74) is 0. The summed E-state index contributed by atoms with van der Waals surface area (Å²) in [5, 5.41) is 0. The molecule has 5 heteroatoms. The van der Waals surface area contributed by atoms with E-state index in [4.69, 9.17) is 0 Å². The van der Waals surface area contributed by atoms with Crippen molar-refractivity contribution >= 4 is 15.8 Å². The first kappa shape index (κ1) is 13.6. The van der Waals surface area contributed by atoms with Crippen LogP contribution in [0, 0.1) is 5.92 Å². The molecule has 0 saturated carbocycles. The lowest BCUT2D eigenvalue weighted by molar-refractivity contribution is -0.121. The van der Waals surface area contributed by atoms with Crippen molar-refractivity contribution in [2.24, 2.45) is 5.92 Å². The predicted octanol–water partition coefficient (Wildman–Crippen LogP) is 0.881. The number of Topliss-reactive ketones (excluding diaryl/α,β-unsaturated/α-hetero) is 1. The van der Waals surface area contributed by atoms with Crippen LogP contribution in [-0.4, -0.2) is 37.3 Å². The van der Waals surface area contributed by atoms with Crippen LogP contribution in [0.2, 0.25) is 0 Å². The number of sulfonamides is 1. The molecule has 0 rings (SSSR count). The van der Waals surface area contributed by atoms with E-state index in [9.17, 15) is 13.2 Å². The molecule has 14 heavy (non-hydrogen) atoms. The summed E-state index contributed by atoms with van der Waals surface area (Å²) in [4.78, 5) is 11.2. The highest BCUT2D eigenvalue weighted by atomic mass is 32.2. The first-order valence-corrected chi connectivity index (χ1v) is 5.91. The summed E-state index contributed by atoms with van der Waals surface area (Å²) < 4.78 is 23.8. The number of carbonyl (C=O) groups is 1. The highest BCUT2D eigenvalue weighted by Gasteiger charge is 2.42. The summed E-state index contributed by atoms with van der Waals surface area (Å²) in [6.45, 7) is 6.21. The van der Waals surface area contributed by atoms with Gasteiger partial charge in [0.15, 0.2) is 0 Å². The zero-order valence-corrected chi connectivity index (χ0v) is 10.5. The molecule has 0 heterocycles. The fourth-order valence-corrected chi connectivity index (χ4v) is 2.74. The molecule has 84 valence electrons. The molecule has 0 spiro atoms. The first-order chi connectivity index (χ1) is 6.05. The molecule has 1 unspecified atom stereocenters. The van der Waals surface area contributed by atoms with Crippen molar-refractivity contribution in [2.45, 2.75) is 32.4 Å². The number of rotatable bonds is 4. The van der Waals surface area contributed by atoms with Crippen LogP contribution < -0.4 is 0 Å². The highest BCUT2D eigenvalue weighted by Crippen LogP contribution is 2.28. The van der Waals surface area contributed by atoms with E-state index in [1.54, 1.807) is 20.8 Å². The van der Waals surface area contributed by atoms with E-state index < -0.39 is 20.7 Å². The van der Waals surface area contributed by atoms with Crippen LogP contribution in [0.4, 0.5) is 0 Å². The van der Waals surface area contributed by atoms with E-state index >= 15 is 0 Å². The molecular formula is C9H19NO3S. The third kappa shape index (κ3) is 2.15. The minimum atomic E-state index is -3.41. The van der Waals surface area contributed by atoms with Gasteiger partial charge in [-0.1, -0.05) is 6.92 Å². The van der Waals surface area contributed by atoms with Gasteiger partial charge in [0.25, 0.3) is 0 Å². The summed E-state index contributed by atoms with van der Waals surface area (Å²) in [6.07, 6.45) is 0. The van der Waals surface area contributed by atoms with Gasteiger partial charge in [-0.3, -0.25) is 4.79 Å². The number of hydrogen-bond donors (Lipinski definition) is 0. The van der Waals surface area contributed by atoms with Crippen molar-refractivity contribution in [3.63, 3.8) is 0 Å². The van der Waals surface area contributed by atoms with E-state index in [1.165, 1.54) is 21.0 Å². The fraction of sp³-hybridized carbons (Fsp3) is 0.889. The Morgan fingerprint density at radius 2 is 1.64 bits per heavy atom. The molecule has 4 nitrogen and oxygen atoms in total. The van der Waals surface area contributed by atoms with Crippen molar-refractivity contribution in [1.29, 1.82) is 0 Å². The van der Waals surface area contributed by atoms with E-state index in [0.717, 1.165) is 4.31 Å². The zero-order chi connectivity index (χ0) is 11.7. The quantitative estimate of drug-likeness (QED) is 0.708. The Kier molecular flexibility index (Phi) is 3.86. The van der Waals surface area contributed by atoms with E-state index in [0.29, 0.717) is 0 Å². The number of hydrogen-bond acceptors (Lipinski definition) is 3. The number of ketones is 1. The Morgan fingerprint density at radius 1 is 1.29 bits per heavy atom. The second-order valence-corrected chi connectivity index (χ2v) is 6.96. The third-order valence-electron chi connectivity index (χ3n) is 2.80. The molecule has 0 fully saturated rings. The normalized spacial score (nSPS) is 15.6. The van der Waals surface area contributed by atoms with Crippen LogP contribution in [0.3, 0.4) is 0 Å². The van der Waals surface area contributed by atoms with Crippen LogP contribution in [-0.2, 0) is 14.8 Å². The van der Waals surface area contributed by atoms with Crippen LogP contribution in [0.1, 0.15) is 27.7 Å². The Bertz CT molecular complexity index is 317. The Hall–Kier alpha value is -0.420. The molecule has 0 aromatic carbocycles. The first-order valence-electron chi connectivity index (χ1n) is 4.47. The highest BCUT2D eigenvalue weighted by molar-refractivity contribution is 7.90. The van der Waals surface area contributed by atoms with Gasteiger partial charge >= 0.3 is 0 Å². The van der Waals surface area contributed by atoms with Crippen LogP contribution in [0.15, 0.2) is 0 Å². The van der Waals surface area contributed by atoms with Crippen LogP contribution in [0.25, 0.3) is 0 Å². The third-order valence-corrected chi connectivity index (χ3v) is 5.44. The van der Waals surface area contributed by atoms with Gasteiger partial charge in [0.05, 0.1) is 4.75 Å². The SMILES string of the molecule is CC(=O)C(C)C(C)(C)S(=O)(=O)N(C)C. The predicted molar refractivity (Wildman–Crippen MR) is 56.5 cm³/mol. The molecular weight excluding hydrogens is 202 g/mol. The molecule has 1 atom stereocenters. The van der Waals surface area contributed by atoms with Gasteiger partial charge in [0, 0.05) is 20.0 Å². The summed E-state index contributed by atoms with van der Waals surface area (Å²) in [7, 11) is -0.456. The molecule has 0 amide bonds. The molecule has 0 aromatic rings. The summed E-state index contributed by atoms with van der Waals surface area (Å²) >= 11 is 0. The van der Waals surface area contributed by atoms with Crippen molar-refractivity contribution in [2.75, 3.05) is 14.1 Å². The van der Waals surface area contributed by atoms with Gasteiger partial charge in [0.1, 0.15) is 5.78 Å². The molecule has 0 aromatic heterocycles. The van der Waals surface area contributed by atoms with Crippen molar-refractivity contribution < 1.29 is 13.2 Å². The minimum Gasteiger partial charge on any atom is -0.300 e. The topological polar surface area (TPSA) is 54.5 Å². The smallest absolute Gasteiger partial charge is 0.219 e. The molecule has 0 saturated heterocycles. The molecule has 0 N–H and O–H groups in total. The maximum absolute atomic E-state index is 11.9. The fourth-order valence-electron chi connectivity index (χ4n) is 1.18. The molecule has 0 aliphatic heterocycles. The largest absolute Gasteiger partial charge is 0.300 e. The zero-order valence-electron chi connectivity index (χ0n) is 9.66. The summed E-state index contributed by atoms with van der Waals surface area (Å²) in [5.74, 6) is -0.615. The van der Waals surface area contributed by atoms with Gasteiger partial charge in [-0.2, -0.15) is 0 Å². The second kappa shape index (κ2) is 3.98. The molecule has 0 bridgehead atoms. The molecule has 0 radical (unpaired) electrons. The van der Waals surface area contributed by atoms with Crippen molar-refractivity contribution in [3.05, 3.63) is 0 Å². The molecule has 0 aliphatic rings. The Morgan fingerprint density at radius 3 is 1.86 bits per heavy atom. The van der Waals surface area contributed by atoms with Crippen molar-refractivity contribution in [3.8, 4) is 0 Å². The van der Waals surface area contributed by atoms with E-state index in [2.05, 4.69) is 0 Å². The average molecular weight is 221 g/mol. The van der Waals surface area contributed by atoms with E-state index in [1.807, 2.05) is 0 Å². The Labute approximate surface area is 86.3 Å². The van der Waals surface area contributed by atoms with Crippen LogP contribution in [0.5, 0.6) is 0 Å². The van der Waals surface area contributed by atoms with Gasteiger partial charge in [-0.25, -0.2) is 12.7 Å². The minimum absolute atomic E-state index is 0.111. The monoisotopic (exact) mass is 221 g/mol. The maximum Gasteiger partial charge on any atom is 0.219 e. The number of carbonyl (C=O) groups excluding carboxylic acids is 1. The summed E-state index contributed by atoms with van der Waals surface area (Å²) in [6, 6.07) is 0. The maximum atomic E-state index is 11.9. The van der Waals surface area contributed by atoms with Crippen molar-refractivity contribution in [1.82, 2.24) is 4.31 Å². The van der Waals surface area contributed by atoms with E-state index in [-0.39, 0.29) is 5.78 Å². The molecule has 0 aliphatic carbocycles. The van der Waals surface area contributed by atoms with Crippen LogP contribution >= 0.6 is 0 Å². The average Bonchev–Trinajstić information content (AvgIpc) is 2.01. The van der Waals surface area contributed by atoms with Gasteiger partial charge in [0.2, 0.25) is 10.0 Å². The van der Waals surface area contributed by atoms with Gasteiger partial charge < -0.3 is 0 Å². The number of nitrogens with zero attached hydrogens (tertiary/aromatic N) is 1. The van der Waals surface area contributed by atoms with Gasteiger partial charge in [-0.05, 0) is 20.8 Å². The standard InChI is InChI=1S/C9H19NO3S/c1-7(8(2)11)9(3,4)14(12,13)10(5)6/h7H,1-6H3. The lowest BCUT2D eigenvalue weighted by Gasteiger charge is -2.32.